The van der Waals surface area contributed by atoms with Crippen LogP contribution >= 0.6 is 0 Å². The van der Waals surface area contributed by atoms with E-state index in [1.54, 1.807) is 0 Å². The molecule has 2 rings (SSSR count). The van der Waals surface area contributed by atoms with Crippen molar-refractivity contribution in [1.82, 2.24) is 41.2 Å². The molecule has 0 aromatic carbocycles. The first kappa shape index (κ1) is 8.56. The van der Waals surface area contributed by atoms with Gasteiger partial charge in [0, 0.05) is 0 Å². The van der Waals surface area contributed by atoms with Crippen LogP contribution in [-0.2, 0) is 17.1 Å². The van der Waals surface area contributed by atoms with Gasteiger partial charge < -0.3 is 10.1 Å². The average molecular weight is 207 g/mol. The van der Waals surface area contributed by atoms with Crippen molar-refractivity contribution in [2.24, 2.45) is 4.99 Å². The van der Waals surface area contributed by atoms with E-state index in [-0.39, 0.29) is 28.6 Å². The van der Waals surface area contributed by atoms with Gasteiger partial charge in [0.15, 0.2) is 0 Å². The number of H-pyrrole nitrogens is 1. The number of aromatic nitrogens is 8. The van der Waals surface area contributed by atoms with E-state index in [2.05, 4.69) is 46.2 Å². The molecule has 0 saturated heterocycles. The van der Waals surface area contributed by atoms with Gasteiger partial charge in [-0.2, -0.15) is 5.21 Å². The van der Waals surface area contributed by atoms with Crippen LogP contribution in [-0.4, -0.2) is 31.1 Å². The monoisotopic (exact) mass is 207 g/mol. The normalized spacial score (nSPS) is 11.2. The number of hydrogen-bond acceptors (Lipinski definition) is 6. The van der Waals surface area contributed by atoms with Crippen LogP contribution in [0.15, 0.2) is 4.99 Å². The van der Waals surface area contributed by atoms with Gasteiger partial charge in [0.2, 0.25) is 0 Å². The van der Waals surface area contributed by atoms with E-state index < -0.39 is 0 Å². The van der Waals surface area contributed by atoms with Gasteiger partial charge in [0.05, 0.1) is 5.62 Å². The Balaban J connectivity index is 0.000000720. The van der Waals surface area contributed by atoms with Crippen LogP contribution in [0.25, 0.3) is 0 Å². The van der Waals surface area contributed by atoms with Crippen LogP contribution in [0.1, 0.15) is 0 Å². The van der Waals surface area contributed by atoms with Crippen molar-refractivity contribution in [1.29, 1.82) is 0 Å². The number of hydrogen-bond donors (Lipinski definition) is 1. The SMILES string of the molecule is N(/c1nnn[n-]1)=c1/[n-]nn[nH]1.[Fe+2]. The van der Waals surface area contributed by atoms with Crippen molar-refractivity contribution < 1.29 is 17.1 Å². The molecule has 0 amide bonds. The summed E-state index contributed by atoms with van der Waals surface area (Å²) in [7, 11) is 0. The summed E-state index contributed by atoms with van der Waals surface area (Å²) < 4.78 is 0. The molecule has 1 N–H and O–H groups in total. The number of nitrogens with zero attached hydrogens (tertiary/aromatic N) is 8. The smallest absolute Gasteiger partial charge is 0.345 e. The molecule has 0 aliphatic carbocycles. The van der Waals surface area contributed by atoms with E-state index in [0.717, 1.165) is 0 Å². The van der Waals surface area contributed by atoms with E-state index in [9.17, 15) is 0 Å². The van der Waals surface area contributed by atoms with E-state index in [0.29, 0.717) is 0 Å². The van der Waals surface area contributed by atoms with Crippen LogP contribution in [0.5, 0.6) is 0 Å². The average Bonchev–Trinajstić information content (AvgIpc) is 2.60. The van der Waals surface area contributed by atoms with Gasteiger partial charge in [-0.3, -0.25) is 5.10 Å². The number of rotatable bonds is 1. The summed E-state index contributed by atoms with van der Waals surface area (Å²) in [5, 5.41) is 25.8. The van der Waals surface area contributed by atoms with Gasteiger partial charge in [-0.15, -0.1) is 10.4 Å². The van der Waals surface area contributed by atoms with Crippen LogP contribution < -0.4 is 15.8 Å². The molecule has 62 valence electrons. The van der Waals surface area contributed by atoms with E-state index in [1.807, 2.05) is 0 Å². The molecule has 0 saturated carbocycles. The molecular formula is C2HFeN9. The molecule has 0 aliphatic rings. The van der Waals surface area contributed by atoms with Crippen LogP contribution in [0.4, 0.5) is 5.95 Å². The zero-order chi connectivity index (χ0) is 7.52. The zero-order valence-corrected chi connectivity index (χ0v) is 6.54. The van der Waals surface area contributed by atoms with Gasteiger partial charge >= 0.3 is 17.1 Å². The Morgan fingerprint density at radius 2 is 2.17 bits per heavy atom. The predicted molar refractivity (Wildman–Crippen MR) is 28.1 cm³/mol. The summed E-state index contributed by atoms with van der Waals surface area (Å²) in [6.07, 6.45) is 0. The molecule has 12 heavy (non-hydrogen) atoms. The second-order valence-corrected chi connectivity index (χ2v) is 1.52. The first-order valence-electron chi connectivity index (χ1n) is 2.59. The Kier molecular flexibility index (Phi) is 2.66. The third kappa shape index (κ3) is 1.74. The van der Waals surface area contributed by atoms with Gasteiger partial charge in [-0.1, -0.05) is 0 Å². The largest absolute Gasteiger partial charge is 2.00 e. The fraction of sp³-hybridized carbons (Fsp3) is 0. The summed E-state index contributed by atoms with van der Waals surface area (Å²) in [6.45, 7) is 0. The second-order valence-electron chi connectivity index (χ2n) is 1.52. The minimum atomic E-state index is 0. The molecule has 10 heteroatoms. The molecule has 0 atom stereocenters. The van der Waals surface area contributed by atoms with E-state index in [4.69, 9.17) is 0 Å². The molecule has 2 aromatic heterocycles. The molecule has 2 heterocycles. The molecular weight excluding hydrogens is 206 g/mol. The summed E-state index contributed by atoms with van der Waals surface area (Å²) >= 11 is 0. The Morgan fingerprint density at radius 3 is 2.75 bits per heavy atom. The van der Waals surface area contributed by atoms with Crippen molar-refractivity contribution in [3.05, 3.63) is 5.62 Å². The van der Waals surface area contributed by atoms with E-state index in [1.165, 1.54) is 0 Å². The second kappa shape index (κ2) is 3.74. The fourth-order valence-corrected chi connectivity index (χ4v) is 0.481. The van der Waals surface area contributed by atoms with Crippen molar-refractivity contribution in [3.8, 4) is 0 Å². The Bertz CT molecular complexity index is 350. The minimum Gasteiger partial charge on any atom is -0.345 e. The number of aromatic amines is 1. The molecule has 0 radical (unpaired) electrons. The summed E-state index contributed by atoms with van der Waals surface area (Å²) in [5.41, 5.74) is 0.222. The predicted octanol–water partition coefficient (Wildman–Crippen LogP) is -2.87. The molecule has 2 aromatic rings. The van der Waals surface area contributed by atoms with Crippen LogP contribution in [0.2, 0.25) is 0 Å². The van der Waals surface area contributed by atoms with Crippen molar-refractivity contribution in [3.63, 3.8) is 0 Å². The van der Waals surface area contributed by atoms with Gasteiger partial charge in [-0.25, -0.2) is 15.4 Å². The van der Waals surface area contributed by atoms with Crippen LogP contribution in [0, 0.1) is 0 Å². The number of nitrogens with one attached hydrogen (secondary N) is 1. The third-order valence-corrected chi connectivity index (χ3v) is 0.848. The van der Waals surface area contributed by atoms with Crippen molar-refractivity contribution in [2.75, 3.05) is 0 Å². The Labute approximate surface area is 75.5 Å². The first-order chi connectivity index (χ1) is 5.45. The van der Waals surface area contributed by atoms with Gasteiger partial charge in [0.1, 0.15) is 5.95 Å². The maximum atomic E-state index is 3.72. The summed E-state index contributed by atoms with van der Waals surface area (Å²) in [5.74, 6) is 0.128. The maximum Gasteiger partial charge on any atom is 2.00 e. The quantitative estimate of drug-likeness (QED) is 0.498. The summed E-state index contributed by atoms with van der Waals surface area (Å²) in [6, 6.07) is 0. The van der Waals surface area contributed by atoms with Crippen molar-refractivity contribution in [2.45, 2.75) is 0 Å². The molecule has 9 nitrogen and oxygen atoms in total. The minimum absolute atomic E-state index is 0. The fourth-order valence-electron chi connectivity index (χ4n) is 0.481. The maximum absolute atomic E-state index is 3.72. The van der Waals surface area contributed by atoms with E-state index >= 15 is 0 Å². The zero-order valence-electron chi connectivity index (χ0n) is 5.43. The number of tetrazole rings is 2. The summed E-state index contributed by atoms with van der Waals surface area (Å²) in [4.78, 5) is 3.72. The Morgan fingerprint density at radius 1 is 1.25 bits per heavy atom. The molecule has 0 unspecified atom stereocenters. The van der Waals surface area contributed by atoms with Gasteiger partial charge in [-0.05, 0) is 0 Å². The van der Waals surface area contributed by atoms with Crippen molar-refractivity contribution >= 4 is 5.95 Å². The molecule has 0 aliphatic heterocycles. The molecule has 0 fully saturated rings. The molecule has 0 bridgehead atoms. The Hall–Kier alpha value is -1.54. The van der Waals surface area contributed by atoms with Crippen LogP contribution in [0.3, 0.4) is 0 Å². The third-order valence-electron chi connectivity index (χ3n) is 0.848. The first-order valence-corrected chi connectivity index (χ1v) is 2.59. The molecule has 0 spiro atoms. The standard InChI is InChI=1S/C2HN9.Fe/c3(1-4-8-9-5-1)2-6-10-11-7-2;/h(H-2,3,4,5,6,7,8,9,10,11);/q-2;+2. The topological polar surface area (TPSA) is 121 Å². The van der Waals surface area contributed by atoms with Gasteiger partial charge in [0.25, 0.3) is 0 Å².